The molecule has 1 saturated heterocycles. The molecular formula is C21H23NO4S. The van der Waals surface area contributed by atoms with Crippen molar-refractivity contribution in [3.63, 3.8) is 0 Å². The molecule has 0 saturated carbocycles. The van der Waals surface area contributed by atoms with E-state index >= 15 is 0 Å². The highest BCUT2D eigenvalue weighted by atomic mass is 32.1. The van der Waals surface area contributed by atoms with Crippen molar-refractivity contribution >= 4 is 28.8 Å². The lowest BCUT2D eigenvalue weighted by atomic mass is 9.89. The molecule has 142 valence electrons. The fourth-order valence-corrected chi connectivity index (χ4v) is 4.24. The normalized spacial score (nSPS) is 16.8. The highest BCUT2D eigenvalue weighted by molar-refractivity contribution is 7.12. The molecule has 1 amide bonds. The molecule has 1 fully saturated rings. The van der Waals surface area contributed by atoms with Gasteiger partial charge < -0.3 is 9.64 Å². The number of carbonyl (C=O) groups excluding carboxylic acids is 3. The van der Waals surface area contributed by atoms with Gasteiger partial charge in [0, 0.05) is 19.0 Å². The number of likely N-dealkylation sites (tertiary alicyclic amines) is 1. The number of ketones is 2. The summed E-state index contributed by atoms with van der Waals surface area (Å²) in [5.41, 5.74) is 1.43. The summed E-state index contributed by atoms with van der Waals surface area (Å²) in [6.07, 6.45) is 1.84. The van der Waals surface area contributed by atoms with E-state index in [0.29, 0.717) is 29.3 Å². The van der Waals surface area contributed by atoms with Gasteiger partial charge >= 0.3 is 0 Å². The van der Waals surface area contributed by atoms with Crippen LogP contribution in [0, 0.1) is 5.92 Å². The molecule has 6 heteroatoms. The lowest BCUT2D eigenvalue weighted by Crippen LogP contribution is -2.43. The first-order valence-corrected chi connectivity index (χ1v) is 9.91. The molecule has 0 spiro atoms. The summed E-state index contributed by atoms with van der Waals surface area (Å²) in [5.74, 6) is 0.397. The summed E-state index contributed by atoms with van der Waals surface area (Å²) >= 11 is 1.36. The van der Waals surface area contributed by atoms with E-state index in [9.17, 15) is 14.4 Å². The Kier molecular flexibility index (Phi) is 6.06. The van der Waals surface area contributed by atoms with Crippen LogP contribution in [-0.4, -0.2) is 42.6 Å². The van der Waals surface area contributed by atoms with Crippen LogP contribution in [0.3, 0.4) is 0 Å². The summed E-state index contributed by atoms with van der Waals surface area (Å²) in [6.45, 7) is 2.62. The molecule has 2 aromatic rings. The zero-order valence-electron chi connectivity index (χ0n) is 15.6. The third kappa shape index (κ3) is 4.45. The van der Waals surface area contributed by atoms with Gasteiger partial charge in [0.25, 0.3) is 0 Å². The Hall–Kier alpha value is -2.47. The first-order valence-electron chi connectivity index (χ1n) is 9.03. The molecule has 0 N–H and O–H groups in total. The van der Waals surface area contributed by atoms with Crippen molar-refractivity contribution in [2.75, 3.05) is 20.2 Å². The van der Waals surface area contributed by atoms with Crippen molar-refractivity contribution in [1.82, 2.24) is 4.90 Å². The Morgan fingerprint density at radius 3 is 2.74 bits per heavy atom. The maximum absolute atomic E-state index is 12.9. The minimum absolute atomic E-state index is 0.000397. The van der Waals surface area contributed by atoms with Crippen LogP contribution in [0.4, 0.5) is 0 Å². The molecule has 0 aliphatic carbocycles. The Labute approximate surface area is 162 Å². The van der Waals surface area contributed by atoms with Crippen LogP contribution in [0.15, 0.2) is 35.7 Å². The number of thiophene rings is 1. The quantitative estimate of drug-likeness (QED) is 0.713. The van der Waals surface area contributed by atoms with E-state index in [0.717, 1.165) is 18.4 Å². The predicted octanol–water partition coefficient (Wildman–Crippen LogP) is 3.62. The topological polar surface area (TPSA) is 63.7 Å². The Morgan fingerprint density at radius 2 is 2.04 bits per heavy atom. The van der Waals surface area contributed by atoms with E-state index in [4.69, 9.17) is 4.74 Å². The predicted molar refractivity (Wildman–Crippen MR) is 105 cm³/mol. The summed E-state index contributed by atoms with van der Waals surface area (Å²) in [7, 11) is 1.55. The zero-order valence-corrected chi connectivity index (χ0v) is 16.4. The van der Waals surface area contributed by atoms with Crippen molar-refractivity contribution in [3.8, 4) is 5.75 Å². The fourth-order valence-electron chi connectivity index (χ4n) is 3.43. The van der Waals surface area contributed by atoms with Crippen molar-refractivity contribution in [2.45, 2.75) is 26.2 Å². The van der Waals surface area contributed by atoms with Gasteiger partial charge in [0.05, 0.1) is 24.0 Å². The second-order valence-corrected chi connectivity index (χ2v) is 7.71. The number of rotatable bonds is 6. The van der Waals surface area contributed by atoms with Crippen LogP contribution < -0.4 is 4.74 Å². The van der Waals surface area contributed by atoms with Gasteiger partial charge in [-0.1, -0.05) is 12.1 Å². The molecule has 0 radical (unpaired) electrons. The fraction of sp³-hybridized carbons (Fsp3) is 0.381. The van der Waals surface area contributed by atoms with Crippen LogP contribution in [-0.2, 0) is 11.2 Å². The maximum Gasteiger partial charge on any atom is 0.227 e. The first kappa shape index (κ1) is 19.3. The smallest absolute Gasteiger partial charge is 0.227 e. The zero-order chi connectivity index (χ0) is 19.4. The number of methoxy groups -OCH3 is 1. The largest absolute Gasteiger partial charge is 0.496 e. The van der Waals surface area contributed by atoms with Gasteiger partial charge in [-0.15, -0.1) is 11.3 Å². The number of ether oxygens (including phenoxy) is 1. The summed E-state index contributed by atoms with van der Waals surface area (Å²) in [4.78, 5) is 39.5. The van der Waals surface area contributed by atoms with E-state index in [-0.39, 0.29) is 29.8 Å². The third-order valence-corrected chi connectivity index (χ3v) is 5.95. The third-order valence-electron chi connectivity index (χ3n) is 4.87. The van der Waals surface area contributed by atoms with Crippen molar-refractivity contribution in [1.29, 1.82) is 0 Å². The van der Waals surface area contributed by atoms with Gasteiger partial charge in [-0.2, -0.15) is 0 Å². The molecule has 1 atom stereocenters. The highest BCUT2D eigenvalue weighted by Crippen LogP contribution is 2.26. The Morgan fingerprint density at radius 1 is 1.26 bits per heavy atom. The number of benzene rings is 1. The van der Waals surface area contributed by atoms with E-state index in [2.05, 4.69) is 0 Å². The average molecular weight is 385 g/mol. The Bertz CT molecular complexity index is 857. The minimum atomic E-state index is -0.214. The molecule has 1 aliphatic rings. The number of carbonyl (C=O) groups is 3. The maximum atomic E-state index is 12.9. The summed E-state index contributed by atoms with van der Waals surface area (Å²) in [6, 6.07) is 9.00. The second-order valence-electron chi connectivity index (χ2n) is 6.80. The van der Waals surface area contributed by atoms with E-state index in [1.807, 2.05) is 17.5 Å². The summed E-state index contributed by atoms with van der Waals surface area (Å²) in [5, 5.41) is 1.86. The molecule has 1 aliphatic heterocycles. The molecule has 27 heavy (non-hydrogen) atoms. The molecule has 1 aromatic carbocycles. The number of amides is 1. The number of Topliss-reactive ketones (excluding diaryl/α,β-unsaturated/α-hetero) is 2. The van der Waals surface area contributed by atoms with Gasteiger partial charge in [-0.25, -0.2) is 0 Å². The van der Waals surface area contributed by atoms with Crippen LogP contribution in [0.2, 0.25) is 0 Å². The highest BCUT2D eigenvalue weighted by Gasteiger charge is 2.30. The van der Waals surface area contributed by atoms with E-state index in [1.165, 1.54) is 18.3 Å². The van der Waals surface area contributed by atoms with Crippen LogP contribution >= 0.6 is 11.3 Å². The number of hydrogen-bond acceptors (Lipinski definition) is 5. The van der Waals surface area contributed by atoms with Crippen LogP contribution in [0.25, 0.3) is 0 Å². The number of para-hydroxylation sites is 1. The van der Waals surface area contributed by atoms with Gasteiger partial charge in [0.2, 0.25) is 5.91 Å². The minimum Gasteiger partial charge on any atom is -0.496 e. The van der Waals surface area contributed by atoms with Gasteiger partial charge in [-0.05, 0) is 48.9 Å². The molecule has 3 rings (SSSR count). The monoisotopic (exact) mass is 385 g/mol. The van der Waals surface area contributed by atoms with E-state index in [1.54, 1.807) is 30.2 Å². The van der Waals surface area contributed by atoms with Crippen LogP contribution in [0.1, 0.15) is 45.4 Å². The second kappa shape index (κ2) is 8.48. The number of nitrogens with zero attached hydrogens (tertiary/aromatic N) is 1. The number of hydrogen-bond donors (Lipinski definition) is 0. The van der Waals surface area contributed by atoms with Crippen LogP contribution in [0.5, 0.6) is 5.75 Å². The molecule has 0 unspecified atom stereocenters. The summed E-state index contributed by atoms with van der Waals surface area (Å²) < 4.78 is 5.30. The van der Waals surface area contributed by atoms with Crippen molar-refractivity contribution < 1.29 is 19.1 Å². The van der Waals surface area contributed by atoms with Gasteiger partial charge in [0.15, 0.2) is 11.6 Å². The van der Waals surface area contributed by atoms with Crippen molar-refractivity contribution in [3.05, 3.63) is 51.7 Å². The molecule has 2 heterocycles. The lowest BCUT2D eigenvalue weighted by Gasteiger charge is -2.32. The average Bonchev–Trinajstić information content (AvgIpc) is 3.16. The molecule has 1 aromatic heterocycles. The molecule has 0 bridgehead atoms. The number of piperidine rings is 1. The standard InChI is InChI=1S/C21H23NO4S/c1-14(23)19-10-15(13-27-19)11-20(24)22-9-5-6-16(12-22)21(25)17-7-3-4-8-18(17)26-2/h3-4,7-8,10,13,16H,5-6,9,11-12H2,1-2H3/t16-/m1/s1. The Balaban J connectivity index is 1.67. The van der Waals surface area contributed by atoms with E-state index < -0.39 is 0 Å². The lowest BCUT2D eigenvalue weighted by molar-refractivity contribution is -0.131. The van der Waals surface area contributed by atoms with Gasteiger partial charge in [-0.3, -0.25) is 14.4 Å². The van der Waals surface area contributed by atoms with Crippen molar-refractivity contribution in [2.24, 2.45) is 5.92 Å². The SMILES string of the molecule is COc1ccccc1C(=O)[C@@H]1CCCN(C(=O)Cc2csc(C(C)=O)c2)C1. The molecule has 5 nitrogen and oxygen atoms in total. The van der Waals surface area contributed by atoms with Gasteiger partial charge in [0.1, 0.15) is 5.75 Å². The molecular weight excluding hydrogens is 362 g/mol. The first-order chi connectivity index (χ1) is 13.0.